The fourth-order valence-corrected chi connectivity index (χ4v) is 7.82. The predicted molar refractivity (Wildman–Crippen MR) is 156 cm³/mol. The van der Waals surface area contributed by atoms with Gasteiger partial charge in [0.05, 0.1) is 23.9 Å². The van der Waals surface area contributed by atoms with E-state index in [4.69, 9.17) is 9.72 Å². The molecule has 2 fully saturated rings. The molecular weight excluding hydrogens is 552 g/mol. The Labute approximate surface area is 239 Å². The van der Waals surface area contributed by atoms with Crippen LogP contribution >= 0.6 is 11.8 Å². The zero-order chi connectivity index (χ0) is 28.4. The second-order valence-electron chi connectivity index (χ2n) is 10.3. The number of carbonyl (C=O) groups is 2. The number of rotatable bonds is 8. The molecule has 1 saturated carbocycles. The Morgan fingerprint density at radius 2 is 1.93 bits per heavy atom. The Hall–Kier alpha value is -3.06. The van der Waals surface area contributed by atoms with Gasteiger partial charge in [-0.15, -0.1) is 0 Å². The van der Waals surface area contributed by atoms with E-state index in [9.17, 15) is 18.0 Å². The van der Waals surface area contributed by atoms with Crippen molar-refractivity contribution in [3.8, 4) is 5.75 Å². The number of ether oxygens (including phenoxy) is 1. The van der Waals surface area contributed by atoms with Crippen LogP contribution in [0.5, 0.6) is 5.75 Å². The van der Waals surface area contributed by atoms with Crippen molar-refractivity contribution >= 4 is 56.6 Å². The summed E-state index contributed by atoms with van der Waals surface area (Å²) in [7, 11) is -0.654. The minimum atomic E-state index is -3.86. The fraction of sp³-hybridized carbons (Fsp3) is 0.556. The molecule has 1 atom stereocenters. The predicted octanol–water partition coefficient (Wildman–Crippen LogP) is 3.08. The number of thioether (sulfide) groups is 1. The van der Waals surface area contributed by atoms with Crippen molar-refractivity contribution in [1.29, 1.82) is 0 Å². The SMILES string of the molecule is CC[C@@H]1C(=O)N(C)c2cnc(Nc3ccc(S(=O)(=O)CC(=O)N4CCSCC4)cc3OC)nc2N1C1CCCC1. The van der Waals surface area contributed by atoms with Crippen LogP contribution in [0.25, 0.3) is 0 Å². The second-order valence-corrected chi connectivity index (χ2v) is 13.5. The molecule has 13 heteroatoms. The largest absolute Gasteiger partial charge is 0.495 e. The van der Waals surface area contributed by atoms with Crippen LogP contribution in [0.3, 0.4) is 0 Å². The van der Waals surface area contributed by atoms with E-state index < -0.39 is 15.6 Å². The average molecular weight is 589 g/mol. The maximum atomic E-state index is 13.1. The van der Waals surface area contributed by atoms with Crippen LogP contribution in [0.4, 0.5) is 23.1 Å². The van der Waals surface area contributed by atoms with E-state index in [-0.39, 0.29) is 34.5 Å². The molecular formula is C27H36N6O5S2. The van der Waals surface area contributed by atoms with Crippen molar-refractivity contribution in [3.63, 3.8) is 0 Å². The number of sulfone groups is 1. The van der Waals surface area contributed by atoms with E-state index in [0.29, 0.717) is 42.7 Å². The highest BCUT2D eigenvalue weighted by Crippen LogP contribution is 2.40. The number of aromatic nitrogens is 2. The molecule has 0 bridgehead atoms. The molecule has 1 aliphatic carbocycles. The third-order valence-electron chi connectivity index (χ3n) is 7.87. The van der Waals surface area contributed by atoms with Crippen molar-refractivity contribution in [2.45, 2.75) is 56.0 Å². The summed E-state index contributed by atoms with van der Waals surface area (Å²) in [6.07, 6.45) is 6.61. The minimum absolute atomic E-state index is 0.0133. The first kappa shape index (κ1) is 28.5. The molecule has 11 nitrogen and oxygen atoms in total. The van der Waals surface area contributed by atoms with Crippen LogP contribution in [0.15, 0.2) is 29.3 Å². The molecule has 5 rings (SSSR count). The summed E-state index contributed by atoms with van der Waals surface area (Å²) < 4.78 is 31.7. The van der Waals surface area contributed by atoms with Gasteiger partial charge < -0.3 is 24.8 Å². The van der Waals surface area contributed by atoms with E-state index in [0.717, 1.165) is 37.2 Å². The summed E-state index contributed by atoms with van der Waals surface area (Å²) in [5.74, 6) is 2.02. The number of methoxy groups -OCH3 is 1. The Bertz CT molecular complexity index is 1380. The quantitative estimate of drug-likeness (QED) is 0.492. The van der Waals surface area contributed by atoms with E-state index >= 15 is 0 Å². The smallest absolute Gasteiger partial charge is 0.249 e. The molecule has 216 valence electrons. The number of benzene rings is 1. The summed E-state index contributed by atoms with van der Waals surface area (Å²) >= 11 is 1.76. The Morgan fingerprint density at radius 3 is 2.60 bits per heavy atom. The van der Waals surface area contributed by atoms with Gasteiger partial charge in [0.1, 0.15) is 23.2 Å². The molecule has 1 saturated heterocycles. The van der Waals surface area contributed by atoms with Crippen LogP contribution in [0, 0.1) is 0 Å². The number of nitrogens with one attached hydrogen (secondary N) is 1. The summed E-state index contributed by atoms with van der Waals surface area (Å²) in [6.45, 7) is 3.14. The van der Waals surface area contributed by atoms with Crippen molar-refractivity contribution < 1.29 is 22.7 Å². The third kappa shape index (κ3) is 5.58. The number of fused-ring (bicyclic) bond motifs is 1. The lowest BCUT2D eigenvalue weighted by Crippen LogP contribution is -2.55. The lowest BCUT2D eigenvalue weighted by atomic mass is 10.0. The van der Waals surface area contributed by atoms with Gasteiger partial charge in [-0.1, -0.05) is 19.8 Å². The fourth-order valence-electron chi connectivity index (χ4n) is 5.68. The van der Waals surface area contributed by atoms with Crippen LogP contribution in [-0.2, 0) is 19.4 Å². The molecule has 1 N–H and O–H groups in total. The maximum Gasteiger partial charge on any atom is 0.249 e. The number of hydrogen-bond donors (Lipinski definition) is 1. The van der Waals surface area contributed by atoms with Crippen LogP contribution in [-0.4, -0.2) is 91.7 Å². The Balaban J connectivity index is 1.40. The van der Waals surface area contributed by atoms with Gasteiger partial charge in [-0.05, 0) is 31.4 Å². The average Bonchev–Trinajstić information content (AvgIpc) is 3.49. The van der Waals surface area contributed by atoms with Gasteiger partial charge in [-0.25, -0.2) is 13.4 Å². The first-order valence-electron chi connectivity index (χ1n) is 13.7. The van der Waals surface area contributed by atoms with Gasteiger partial charge >= 0.3 is 0 Å². The molecule has 3 heterocycles. The highest BCUT2D eigenvalue weighted by Gasteiger charge is 2.41. The van der Waals surface area contributed by atoms with E-state index in [1.54, 1.807) is 40.9 Å². The van der Waals surface area contributed by atoms with E-state index in [2.05, 4.69) is 15.2 Å². The van der Waals surface area contributed by atoms with Gasteiger partial charge in [0.2, 0.25) is 17.8 Å². The number of amides is 2. The first-order valence-corrected chi connectivity index (χ1v) is 16.5. The number of likely N-dealkylation sites (N-methyl/N-ethyl adjacent to an activating group) is 1. The molecule has 1 aromatic carbocycles. The maximum absolute atomic E-state index is 13.1. The molecule has 40 heavy (non-hydrogen) atoms. The van der Waals surface area contributed by atoms with Crippen molar-refractivity contribution in [2.24, 2.45) is 0 Å². The molecule has 2 aliphatic heterocycles. The number of anilines is 4. The Morgan fingerprint density at radius 1 is 1.20 bits per heavy atom. The van der Waals surface area contributed by atoms with Crippen LogP contribution in [0.1, 0.15) is 39.0 Å². The van der Waals surface area contributed by atoms with Gasteiger partial charge in [0.25, 0.3) is 0 Å². The van der Waals surface area contributed by atoms with Crippen molar-refractivity contribution in [1.82, 2.24) is 14.9 Å². The summed E-state index contributed by atoms with van der Waals surface area (Å²) in [5.41, 5.74) is 1.15. The molecule has 0 radical (unpaired) electrons. The van der Waals surface area contributed by atoms with Gasteiger partial charge in [-0.2, -0.15) is 16.7 Å². The zero-order valence-corrected chi connectivity index (χ0v) is 24.8. The molecule has 0 spiro atoms. The molecule has 1 aromatic heterocycles. The summed E-state index contributed by atoms with van der Waals surface area (Å²) in [5, 5.41) is 3.17. The normalized spacial score (nSPS) is 20.0. The van der Waals surface area contributed by atoms with E-state index in [1.807, 2.05) is 6.92 Å². The minimum Gasteiger partial charge on any atom is -0.495 e. The first-order chi connectivity index (χ1) is 19.2. The Kier molecular flexibility index (Phi) is 8.41. The number of hydrogen-bond acceptors (Lipinski definition) is 10. The second kappa shape index (κ2) is 11.8. The lowest BCUT2D eigenvalue weighted by molar-refractivity contribution is -0.128. The van der Waals surface area contributed by atoms with Crippen LogP contribution < -0.4 is 19.9 Å². The van der Waals surface area contributed by atoms with Gasteiger partial charge in [-0.3, -0.25) is 9.59 Å². The molecule has 0 unspecified atom stereocenters. The van der Waals surface area contributed by atoms with E-state index in [1.165, 1.54) is 19.2 Å². The monoisotopic (exact) mass is 588 g/mol. The zero-order valence-electron chi connectivity index (χ0n) is 23.1. The summed E-state index contributed by atoms with van der Waals surface area (Å²) in [6, 6.07) is 4.43. The lowest BCUT2D eigenvalue weighted by Gasteiger charge is -2.43. The van der Waals surface area contributed by atoms with Gasteiger partial charge in [0.15, 0.2) is 15.7 Å². The number of nitrogens with zero attached hydrogens (tertiary/aromatic N) is 5. The van der Waals surface area contributed by atoms with Crippen molar-refractivity contribution in [2.75, 3.05) is 59.6 Å². The topological polar surface area (TPSA) is 125 Å². The molecule has 2 aromatic rings. The van der Waals surface area contributed by atoms with Gasteiger partial charge in [0, 0.05) is 43.8 Å². The number of carbonyl (C=O) groups excluding carboxylic acids is 2. The standard InChI is InChI=1S/C27H36N6O5S2/c1-4-21-26(35)31(2)22-16-28-27(30-25(22)33(21)18-7-5-6-8-18)29-20-10-9-19(15-23(20)38-3)40(36,37)17-24(34)32-11-13-39-14-12-32/h9-10,15-16,18,21H,4-8,11-14,17H2,1-3H3,(H,28,29,30)/t21-/m1/s1. The molecule has 2 amide bonds. The van der Waals surface area contributed by atoms with Crippen LogP contribution in [0.2, 0.25) is 0 Å². The highest BCUT2D eigenvalue weighted by atomic mass is 32.2. The summed E-state index contributed by atoms with van der Waals surface area (Å²) in [4.78, 5) is 40.5. The third-order valence-corrected chi connectivity index (χ3v) is 10.4. The molecule has 3 aliphatic rings. The highest BCUT2D eigenvalue weighted by molar-refractivity contribution is 7.99. The van der Waals surface area contributed by atoms with Crippen molar-refractivity contribution in [3.05, 3.63) is 24.4 Å².